The van der Waals surface area contributed by atoms with Crippen molar-refractivity contribution in [1.82, 2.24) is 14.5 Å². The highest BCUT2D eigenvalue weighted by molar-refractivity contribution is 6.76. The molecule has 0 saturated carbocycles. The number of hydrogen-bond donors (Lipinski definition) is 3. The Hall–Kier alpha value is -3.90. The normalized spacial score (nSPS) is 12.3. The Kier molecular flexibility index (Phi) is 12.7. The third kappa shape index (κ3) is 10.7. The number of imidazole rings is 1. The van der Waals surface area contributed by atoms with Crippen LogP contribution in [0.25, 0.3) is 11.3 Å². The van der Waals surface area contributed by atoms with Crippen LogP contribution in [0.3, 0.4) is 0 Å². The number of hydrogen-bond acceptors (Lipinski definition) is 6. The number of nitrogens with one attached hydrogen (secondary N) is 2. The fourth-order valence-corrected chi connectivity index (χ4v) is 5.16. The number of nitrogens with zero attached hydrogens (tertiary/aromatic N) is 3. The number of methoxy groups -OCH3 is 1. The van der Waals surface area contributed by atoms with Crippen LogP contribution in [-0.4, -0.2) is 65.0 Å². The van der Waals surface area contributed by atoms with Gasteiger partial charge in [0, 0.05) is 44.1 Å². The van der Waals surface area contributed by atoms with E-state index in [0.717, 1.165) is 6.04 Å². The van der Waals surface area contributed by atoms with E-state index in [4.69, 9.17) is 14.5 Å². The van der Waals surface area contributed by atoms with Gasteiger partial charge in [0.15, 0.2) is 0 Å². The van der Waals surface area contributed by atoms with Crippen molar-refractivity contribution in [3.8, 4) is 11.3 Å². The molecule has 0 radical (unpaired) electrons. The first-order chi connectivity index (χ1) is 20.1. The average Bonchev–Trinajstić information content (AvgIpc) is 3.31. The second-order valence-electron chi connectivity index (χ2n) is 12.4. The van der Waals surface area contributed by atoms with Crippen molar-refractivity contribution in [2.45, 2.75) is 84.0 Å². The number of amides is 3. The summed E-state index contributed by atoms with van der Waals surface area (Å²) in [6.45, 7) is 20.6. The SMILES string of the molecule is C=CCCC(=O)Nc1cc(NC(=O)OC)ccc1-c1cn(COCC[Si](C)(C)C)c([C@H](CC=C)N(C(=O)O)C(C)(C)C)n1. The molecule has 3 N–H and O–H groups in total. The molecule has 0 aliphatic rings. The van der Waals surface area contributed by atoms with Gasteiger partial charge in [-0.15, -0.1) is 13.2 Å². The summed E-state index contributed by atoms with van der Waals surface area (Å²) in [5, 5.41) is 15.8. The Balaban J connectivity index is 2.69. The lowest BCUT2D eigenvalue weighted by molar-refractivity contribution is -0.116. The molecular weight excluding hydrogens is 566 g/mol. The summed E-state index contributed by atoms with van der Waals surface area (Å²) in [5.74, 6) is 0.251. The summed E-state index contributed by atoms with van der Waals surface area (Å²) in [4.78, 5) is 43.5. The molecule has 0 fully saturated rings. The highest BCUT2D eigenvalue weighted by Gasteiger charge is 2.36. The van der Waals surface area contributed by atoms with Gasteiger partial charge in [0.25, 0.3) is 0 Å². The van der Waals surface area contributed by atoms with E-state index in [-0.39, 0.29) is 19.1 Å². The fraction of sp³-hybridized carbons (Fsp3) is 0.484. The Morgan fingerprint density at radius 3 is 2.42 bits per heavy atom. The molecule has 3 amide bonds. The predicted octanol–water partition coefficient (Wildman–Crippen LogP) is 7.34. The fourth-order valence-electron chi connectivity index (χ4n) is 4.41. The number of carboxylic acid groups (broad SMARTS) is 1. The number of rotatable bonds is 15. The molecule has 1 heterocycles. The van der Waals surface area contributed by atoms with Crippen LogP contribution >= 0.6 is 0 Å². The van der Waals surface area contributed by atoms with Gasteiger partial charge in [-0.3, -0.25) is 15.0 Å². The van der Waals surface area contributed by atoms with Gasteiger partial charge in [-0.1, -0.05) is 31.8 Å². The number of carbonyl (C=O) groups excluding carboxylic acids is 2. The largest absolute Gasteiger partial charge is 0.465 e. The van der Waals surface area contributed by atoms with E-state index in [1.165, 1.54) is 12.0 Å². The molecule has 12 heteroatoms. The van der Waals surface area contributed by atoms with E-state index < -0.39 is 31.8 Å². The average molecular weight is 614 g/mol. The summed E-state index contributed by atoms with van der Waals surface area (Å²) < 4.78 is 12.6. The zero-order valence-corrected chi connectivity index (χ0v) is 27.5. The lowest BCUT2D eigenvalue weighted by Gasteiger charge is -2.39. The van der Waals surface area contributed by atoms with Gasteiger partial charge in [-0.25, -0.2) is 14.6 Å². The van der Waals surface area contributed by atoms with E-state index in [0.29, 0.717) is 47.9 Å². The smallest absolute Gasteiger partial charge is 0.411 e. The van der Waals surface area contributed by atoms with Crippen LogP contribution < -0.4 is 10.6 Å². The first kappa shape index (κ1) is 35.3. The second kappa shape index (κ2) is 15.5. The molecule has 0 spiro atoms. The van der Waals surface area contributed by atoms with Gasteiger partial charge in [0.1, 0.15) is 12.6 Å². The summed E-state index contributed by atoms with van der Waals surface area (Å²) in [6.07, 6.45) is 4.45. The molecule has 0 bridgehead atoms. The van der Waals surface area contributed by atoms with E-state index in [1.54, 1.807) is 36.5 Å². The topological polar surface area (TPSA) is 135 Å². The molecule has 11 nitrogen and oxygen atoms in total. The molecule has 43 heavy (non-hydrogen) atoms. The van der Waals surface area contributed by atoms with Gasteiger partial charge in [0.2, 0.25) is 5.91 Å². The van der Waals surface area contributed by atoms with Crippen molar-refractivity contribution < 1.29 is 29.0 Å². The Morgan fingerprint density at radius 2 is 1.86 bits per heavy atom. The van der Waals surface area contributed by atoms with Crippen LogP contribution in [-0.2, 0) is 21.0 Å². The molecule has 2 rings (SSSR count). The van der Waals surface area contributed by atoms with Gasteiger partial charge in [-0.05, 0) is 57.9 Å². The van der Waals surface area contributed by atoms with Gasteiger partial charge in [0.05, 0.1) is 24.5 Å². The lowest BCUT2D eigenvalue weighted by Crippen LogP contribution is -2.47. The summed E-state index contributed by atoms with van der Waals surface area (Å²) in [7, 11) is -0.0728. The minimum atomic E-state index is -1.34. The van der Waals surface area contributed by atoms with Crippen molar-refractivity contribution in [2.24, 2.45) is 0 Å². The Labute approximate surface area is 256 Å². The highest BCUT2D eigenvalue weighted by Crippen LogP contribution is 2.36. The number of anilines is 2. The van der Waals surface area contributed by atoms with Crippen LogP contribution in [0.1, 0.15) is 51.9 Å². The van der Waals surface area contributed by atoms with E-state index in [2.05, 4.69) is 43.4 Å². The van der Waals surface area contributed by atoms with Crippen LogP contribution in [0.15, 0.2) is 49.7 Å². The molecular formula is C31H47N5O6Si. The number of carbonyl (C=O) groups is 3. The van der Waals surface area contributed by atoms with Crippen molar-refractivity contribution in [3.05, 3.63) is 55.5 Å². The van der Waals surface area contributed by atoms with Gasteiger partial charge >= 0.3 is 12.2 Å². The first-order valence-electron chi connectivity index (χ1n) is 14.3. The minimum absolute atomic E-state index is 0.168. The van der Waals surface area contributed by atoms with E-state index in [9.17, 15) is 19.5 Å². The number of aromatic nitrogens is 2. The van der Waals surface area contributed by atoms with E-state index >= 15 is 0 Å². The quantitative estimate of drug-likeness (QED) is 0.109. The van der Waals surface area contributed by atoms with Crippen molar-refractivity contribution >= 4 is 37.5 Å². The number of benzene rings is 1. The third-order valence-electron chi connectivity index (χ3n) is 6.54. The zero-order valence-electron chi connectivity index (χ0n) is 26.5. The van der Waals surface area contributed by atoms with Crippen LogP contribution in [0, 0.1) is 0 Å². The van der Waals surface area contributed by atoms with Crippen molar-refractivity contribution in [3.63, 3.8) is 0 Å². The maximum atomic E-state index is 12.7. The molecule has 0 saturated heterocycles. The molecule has 1 aromatic carbocycles. The van der Waals surface area contributed by atoms with Crippen molar-refractivity contribution in [2.75, 3.05) is 24.4 Å². The maximum Gasteiger partial charge on any atom is 0.411 e. The first-order valence-corrected chi connectivity index (χ1v) is 18.0. The second-order valence-corrected chi connectivity index (χ2v) is 18.0. The summed E-state index contributed by atoms with van der Waals surface area (Å²) in [5.41, 5.74) is 1.18. The lowest BCUT2D eigenvalue weighted by atomic mass is 10.0. The standard InChI is InChI=1S/C31H47N5O6Si/c1-10-12-14-27(37)33-24-19-22(32-29(38)41-6)15-16-23(24)25-20-35(21-42-17-18-43(7,8)9)28(34-25)26(13-11-2)36(30(39)40)31(3,4)5/h10-11,15-16,19-20,26H,1-2,12-14,17-18,21H2,3-9H3,(H,32,38)(H,33,37)(H,39,40)/t26-/m0/s1. The molecule has 2 aromatic rings. The highest BCUT2D eigenvalue weighted by atomic mass is 28.3. The molecule has 1 atom stereocenters. The zero-order chi connectivity index (χ0) is 32.4. The summed E-state index contributed by atoms with van der Waals surface area (Å²) in [6, 6.07) is 5.35. The summed E-state index contributed by atoms with van der Waals surface area (Å²) >= 11 is 0. The number of allylic oxidation sites excluding steroid dienone is 1. The maximum absolute atomic E-state index is 12.7. The van der Waals surface area contributed by atoms with Gasteiger partial charge in [-0.2, -0.15) is 0 Å². The van der Waals surface area contributed by atoms with Crippen LogP contribution in [0.2, 0.25) is 25.7 Å². The van der Waals surface area contributed by atoms with Crippen LogP contribution in [0.4, 0.5) is 21.0 Å². The number of ether oxygens (including phenoxy) is 2. The monoisotopic (exact) mass is 613 g/mol. The minimum Gasteiger partial charge on any atom is -0.465 e. The van der Waals surface area contributed by atoms with Crippen LogP contribution in [0.5, 0.6) is 0 Å². The molecule has 0 aliphatic carbocycles. The third-order valence-corrected chi connectivity index (χ3v) is 8.24. The molecule has 1 aromatic heterocycles. The molecule has 236 valence electrons. The van der Waals surface area contributed by atoms with Gasteiger partial charge < -0.3 is 24.5 Å². The predicted molar refractivity (Wildman–Crippen MR) is 173 cm³/mol. The molecule has 0 unspecified atom stereocenters. The van der Waals surface area contributed by atoms with Crippen molar-refractivity contribution in [1.29, 1.82) is 0 Å². The Morgan fingerprint density at radius 1 is 1.16 bits per heavy atom. The van der Waals surface area contributed by atoms with E-state index in [1.807, 2.05) is 25.3 Å². The Bertz CT molecular complexity index is 1290. The molecule has 0 aliphatic heterocycles.